The molecule has 1 rings (SSSR count). The van der Waals surface area contributed by atoms with E-state index in [1.165, 1.54) is 11.8 Å². The molecule has 0 aromatic heterocycles. The van der Waals surface area contributed by atoms with E-state index < -0.39 is 24.0 Å². The molecule has 8 nitrogen and oxygen atoms in total. The number of nitrogens with two attached hydrogens (primary N) is 1. The van der Waals surface area contributed by atoms with Crippen LogP contribution in [0.4, 0.5) is 4.79 Å². The molecule has 1 atom stereocenters. The van der Waals surface area contributed by atoms with Crippen molar-refractivity contribution in [2.45, 2.75) is 13.0 Å². The number of amides is 2. The van der Waals surface area contributed by atoms with Gasteiger partial charge in [-0.25, -0.2) is 9.59 Å². The summed E-state index contributed by atoms with van der Waals surface area (Å²) in [4.78, 5) is 33.6. The van der Waals surface area contributed by atoms with Crippen LogP contribution < -0.4 is 16.4 Å². The molecule has 1 aliphatic heterocycles. The minimum Gasteiger partial charge on any atom is -0.480 e. The van der Waals surface area contributed by atoms with Gasteiger partial charge in [-0.15, -0.1) is 0 Å². The van der Waals surface area contributed by atoms with Crippen LogP contribution in [0.2, 0.25) is 0 Å². The molecular weight excluding hydrogens is 286 g/mol. The minimum absolute atomic E-state index is 0.0888. The summed E-state index contributed by atoms with van der Waals surface area (Å²) in [7, 11) is 0. The SMILES string of the molecule is CCOC(=O)C1=C(CSCC(N)C(=O)O)NC(=O)NC1. The summed E-state index contributed by atoms with van der Waals surface area (Å²) in [5.74, 6) is -1.13. The van der Waals surface area contributed by atoms with Gasteiger partial charge >= 0.3 is 18.0 Å². The zero-order chi connectivity index (χ0) is 15.1. The van der Waals surface area contributed by atoms with Crippen molar-refractivity contribution in [1.29, 1.82) is 0 Å². The number of aliphatic carboxylic acids is 1. The average Bonchev–Trinajstić information content (AvgIpc) is 2.38. The first kappa shape index (κ1) is 16.3. The van der Waals surface area contributed by atoms with Crippen LogP contribution in [-0.4, -0.2) is 53.8 Å². The Morgan fingerprint density at radius 3 is 2.85 bits per heavy atom. The lowest BCUT2D eigenvalue weighted by Crippen LogP contribution is -2.44. The van der Waals surface area contributed by atoms with Crippen LogP contribution in [0, 0.1) is 0 Å². The van der Waals surface area contributed by atoms with Crippen molar-refractivity contribution in [2.75, 3.05) is 24.7 Å². The molecule has 0 saturated heterocycles. The fraction of sp³-hybridized carbons (Fsp3) is 0.545. The summed E-state index contributed by atoms with van der Waals surface area (Å²) >= 11 is 1.22. The van der Waals surface area contributed by atoms with Gasteiger partial charge in [-0.3, -0.25) is 4.79 Å². The van der Waals surface area contributed by atoms with Gasteiger partial charge in [0.2, 0.25) is 0 Å². The Balaban J connectivity index is 2.66. The van der Waals surface area contributed by atoms with Crippen LogP contribution >= 0.6 is 11.8 Å². The highest BCUT2D eigenvalue weighted by Gasteiger charge is 2.23. The molecule has 0 aromatic rings. The van der Waals surface area contributed by atoms with Crippen LogP contribution in [0.1, 0.15) is 6.92 Å². The molecule has 1 aliphatic rings. The van der Waals surface area contributed by atoms with Gasteiger partial charge in [-0.05, 0) is 6.92 Å². The van der Waals surface area contributed by atoms with Gasteiger partial charge in [0.25, 0.3) is 0 Å². The number of hydrogen-bond donors (Lipinski definition) is 4. The number of rotatable bonds is 7. The molecule has 112 valence electrons. The molecule has 0 bridgehead atoms. The van der Waals surface area contributed by atoms with Crippen LogP contribution in [0.15, 0.2) is 11.3 Å². The number of ether oxygens (including phenoxy) is 1. The van der Waals surface area contributed by atoms with Crippen molar-refractivity contribution in [3.8, 4) is 0 Å². The second-order valence-corrected chi connectivity index (χ2v) is 4.98. The molecule has 0 fully saturated rings. The molecule has 0 aliphatic carbocycles. The van der Waals surface area contributed by atoms with Crippen LogP contribution in [-0.2, 0) is 14.3 Å². The third-order valence-corrected chi connectivity index (χ3v) is 3.52. The third kappa shape index (κ3) is 4.74. The second-order valence-electron chi connectivity index (χ2n) is 3.95. The van der Waals surface area contributed by atoms with E-state index in [1.54, 1.807) is 6.92 Å². The quantitative estimate of drug-likeness (QED) is 0.456. The molecule has 1 unspecified atom stereocenters. The molecule has 0 radical (unpaired) electrons. The number of thioether (sulfide) groups is 1. The minimum atomic E-state index is -1.09. The molecule has 0 spiro atoms. The van der Waals surface area contributed by atoms with E-state index in [0.29, 0.717) is 11.3 Å². The lowest BCUT2D eigenvalue weighted by molar-refractivity contribution is -0.139. The predicted molar refractivity (Wildman–Crippen MR) is 73.1 cm³/mol. The van der Waals surface area contributed by atoms with Gasteiger partial charge in [-0.2, -0.15) is 11.8 Å². The van der Waals surface area contributed by atoms with Gasteiger partial charge in [-0.1, -0.05) is 0 Å². The number of hydrogen-bond acceptors (Lipinski definition) is 6. The van der Waals surface area contributed by atoms with Gasteiger partial charge in [0, 0.05) is 17.2 Å². The molecule has 9 heteroatoms. The van der Waals surface area contributed by atoms with Crippen molar-refractivity contribution in [1.82, 2.24) is 10.6 Å². The Kier molecular flexibility index (Phi) is 6.32. The Labute approximate surface area is 120 Å². The van der Waals surface area contributed by atoms with Crippen molar-refractivity contribution < 1.29 is 24.2 Å². The molecule has 20 heavy (non-hydrogen) atoms. The number of carbonyl (C=O) groups is 3. The molecule has 2 amide bonds. The number of carbonyl (C=O) groups excluding carboxylic acids is 2. The van der Waals surface area contributed by atoms with E-state index in [0.717, 1.165) is 0 Å². The number of urea groups is 1. The first-order chi connectivity index (χ1) is 9.45. The Bertz CT molecular complexity index is 438. The van der Waals surface area contributed by atoms with E-state index in [4.69, 9.17) is 15.6 Å². The van der Waals surface area contributed by atoms with Gasteiger partial charge in [0.1, 0.15) is 6.04 Å². The Morgan fingerprint density at radius 2 is 2.25 bits per heavy atom. The molecule has 0 aromatic carbocycles. The fourth-order valence-corrected chi connectivity index (χ4v) is 2.39. The number of nitrogens with one attached hydrogen (secondary N) is 2. The number of carboxylic acids is 1. The fourth-order valence-electron chi connectivity index (χ4n) is 1.43. The topological polar surface area (TPSA) is 131 Å². The molecule has 0 saturated carbocycles. The first-order valence-corrected chi connectivity index (χ1v) is 7.11. The summed E-state index contributed by atoms with van der Waals surface area (Å²) in [6.07, 6.45) is 0. The summed E-state index contributed by atoms with van der Waals surface area (Å²) in [5, 5.41) is 13.7. The Morgan fingerprint density at radius 1 is 1.55 bits per heavy atom. The largest absolute Gasteiger partial charge is 0.480 e. The average molecular weight is 303 g/mol. The van der Waals surface area contributed by atoms with E-state index >= 15 is 0 Å². The number of carboxylic acid groups (broad SMARTS) is 1. The zero-order valence-electron chi connectivity index (χ0n) is 11.0. The number of esters is 1. The van der Waals surface area contributed by atoms with Gasteiger partial charge < -0.3 is 26.2 Å². The zero-order valence-corrected chi connectivity index (χ0v) is 11.8. The molecule has 5 N–H and O–H groups in total. The Hall–Kier alpha value is -1.74. The summed E-state index contributed by atoms with van der Waals surface area (Å²) < 4.78 is 4.90. The maximum atomic E-state index is 11.7. The normalized spacial score (nSPS) is 16.2. The van der Waals surface area contributed by atoms with Gasteiger partial charge in [0.05, 0.1) is 18.7 Å². The summed E-state index contributed by atoms with van der Waals surface area (Å²) in [6, 6.07) is -1.39. The standard InChI is InChI=1S/C11H17N3O5S/c1-2-19-10(17)6-3-13-11(18)14-8(6)5-20-4-7(12)9(15)16/h7H,2-5,12H2,1H3,(H,15,16)(H2,13,14,18). The van der Waals surface area contributed by atoms with E-state index in [-0.39, 0.29) is 24.7 Å². The maximum absolute atomic E-state index is 11.7. The van der Waals surface area contributed by atoms with Crippen molar-refractivity contribution >= 4 is 29.7 Å². The maximum Gasteiger partial charge on any atom is 0.337 e. The second kappa shape index (κ2) is 7.75. The van der Waals surface area contributed by atoms with E-state index in [2.05, 4.69) is 10.6 Å². The smallest absolute Gasteiger partial charge is 0.337 e. The van der Waals surface area contributed by atoms with E-state index in [9.17, 15) is 14.4 Å². The van der Waals surface area contributed by atoms with E-state index in [1.807, 2.05) is 0 Å². The monoisotopic (exact) mass is 303 g/mol. The first-order valence-electron chi connectivity index (χ1n) is 5.95. The van der Waals surface area contributed by atoms with Crippen LogP contribution in [0.5, 0.6) is 0 Å². The van der Waals surface area contributed by atoms with Gasteiger partial charge in [0.15, 0.2) is 0 Å². The lowest BCUT2D eigenvalue weighted by Gasteiger charge is -2.21. The summed E-state index contributed by atoms with van der Waals surface area (Å²) in [5.41, 5.74) is 6.14. The highest BCUT2D eigenvalue weighted by Crippen LogP contribution is 2.14. The third-order valence-electron chi connectivity index (χ3n) is 2.44. The lowest BCUT2D eigenvalue weighted by atomic mass is 10.2. The van der Waals surface area contributed by atoms with Crippen LogP contribution in [0.3, 0.4) is 0 Å². The molecule has 1 heterocycles. The predicted octanol–water partition coefficient (Wildman–Crippen LogP) is -0.738. The highest BCUT2D eigenvalue weighted by molar-refractivity contribution is 7.99. The van der Waals surface area contributed by atoms with Crippen molar-refractivity contribution in [3.63, 3.8) is 0 Å². The molecular formula is C11H17N3O5S. The summed E-state index contributed by atoms with van der Waals surface area (Å²) in [6.45, 7) is 2.01. The van der Waals surface area contributed by atoms with Crippen molar-refractivity contribution in [3.05, 3.63) is 11.3 Å². The van der Waals surface area contributed by atoms with Crippen molar-refractivity contribution in [2.24, 2.45) is 5.73 Å². The van der Waals surface area contributed by atoms with Crippen LogP contribution in [0.25, 0.3) is 0 Å². The highest BCUT2D eigenvalue weighted by atomic mass is 32.2.